The highest BCUT2D eigenvalue weighted by molar-refractivity contribution is 9.10. The van der Waals surface area contributed by atoms with Crippen LogP contribution in [0.5, 0.6) is 0 Å². The van der Waals surface area contributed by atoms with Crippen molar-refractivity contribution >= 4 is 32.7 Å². The lowest BCUT2D eigenvalue weighted by molar-refractivity contribution is 0.269. The molecule has 5 rings (SSSR count). The largest absolute Gasteiger partial charge is 0.394 e. The Balaban J connectivity index is 1.51. The van der Waals surface area contributed by atoms with Gasteiger partial charge in [-0.15, -0.1) is 5.10 Å². The van der Waals surface area contributed by atoms with Crippen molar-refractivity contribution in [2.45, 2.75) is 13.1 Å². The third kappa shape index (κ3) is 2.94. The SMILES string of the molecule is OCCn1cc(-c2cnc3nnn(Cc4ccn5ncc(Br)c5c4)c3n2)cn1. The van der Waals surface area contributed by atoms with E-state index in [4.69, 9.17) is 5.11 Å². The van der Waals surface area contributed by atoms with Gasteiger partial charge in [0.05, 0.1) is 54.0 Å². The molecule has 5 heterocycles. The highest BCUT2D eigenvalue weighted by Gasteiger charge is 2.12. The van der Waals surface area contributed by atoms with Crippen molar-refractivity contribution in [1.29, 1.82) is 0 Å². The molecule has 0 saturated heterocycles. The molecule has 0 aliphatic heterocycles. The van der Waals surface area contributed by atoms with Crippen molar-refractivity contribution in [2.75, 3.05) is 6.61 Å². The second-order valence-electron chi connectivity index (χ2n) is 6.22. The van der Waals surface area contributed by atoms with Gasteiger partial charge in [0.2, 0.25) is 5.65 Å². The first-order chi connectivity index (χ1) is 13.7. The predicted octanol–water partition coefficient (Wildman–Crippen LogP) is 1.54. The first-order valence-corrected chi connectivity index (χ1v) is 9.32. The van der Waals surface area contributed by atoms with E-state index in [0.717, 1.165) is 21.1 Å². The summed E-state index contributed by atoms with van der Waals surface area (Å²) in [4.78, 5) is 9.04. The van der Waals surface area contributed by atoms with Crippen LogP contribution in [0, 0.1) is 0 Å². The van der Waals surface area contributed by atoms with E-state index >= 15 is 0 Å². The smallest absolute Gasteiger partial charge is 0.221 e. The number of hydrogen-bond donors (Lipinski definition) is 1. The summed E-state index contributed by atoms with van der Waals surface area (Å²) >= 11 is 3.50. The van der Waals surface area contributed by atoms with E-state index in [2.05, 4.69) is 46.4 Å². The molecule has 28 heavy (non-hydrogen) atoms. The fraction of sp³-hybridized carbons (Fsp3) is 0.176. The van der Waals surface area contributed by atoms with Crippen LogP contribution in [0.1, 0.15) is 5.56 Å². The number of halogens is 1. The number of aliphatic hydroxyl groups excluding tert-OH is 1. The fourth-order valence-electron chi connectivity index (χ4n) is 2.99. The minimum absolute atomic E-state index is 0.0279. The van der Waals surface area contributed by atoms with Gasteiger partial charge in [0.1, 0.15) is 0 Å². The maximum absolute atomic E-state index is 9.04. The van der Waals surface area contributed by atoms with Crippen molar-refractivity contribution in [2.24, 2.45) is 0 Å². The van der Waals surface area contributed by atoms with Gasteiger partial charge < -0.3 is 5.11 Å². The lowest BCUT2D eigenvalue weighted by Gasteiger charge is -2.04. The first-order valence-electron chi connectivity index (χ1n) is 8.53. The van der Waals surface area contributed by atoms with Gasteiger partial charge in [0, 0.05) is 18.0 Å². The third-order valence-electron chi connectivity index (χ3n) is 4.36. The van der Waals surface area contributed by atoms with Crippen LogP contribution in [0.4, 0.5) is 0 Å². The monoisotopic (exact) mass is 439 g/mol. The molecule has 0 aliphatic carbocycles. The summed E-state index contributed by atoms with van der Waals surface area (Å²) in [7, 11) is 0. The fourth-order valence-corrected chi connectivity index (χ4v) is 3.38. The number of aromatic nitrogens is 9. The zero-order valence-electron chi connectivity index (χ0n) is 14.5. The molecule has 5 aromatic rings. The standard InChI is InChI=1S/C17H14BrN9O/c18-13-7-21-26-2-1-11(5-15(13)26)9-27-17-16(23-24-27)19-8-14(22-17)12-6-20-25(10-12)3-4-28/h1-2,5-8,10,28H,3-4,9H2. The Hall–Kier alpha value is -3.18. The van der Waals surface area contributed by atoms with Crippen LogP contribution in [0.15, 0.2) is 47.6 Å². The molecule has 0 amide bonds. The molecular formula is C17H14BrN9O. The molecular weight excluding hydrogens is 426 g/mol. The third-order valence-corrected chi connectivity index (χ3v) is 4.97. The predicted molar refractivity (Wildman–Crippen MR) is 103 cm³/mol. The maximum Gasteiger partial charge on any atom is 0.221 e. The summed E-state index contributed by atoms with van der Waals surface area (Å²) in [6.07, 6.45) is 8.84. The molecule has 0 fully saturated rings. The minimum Gasteiger partial charge on any atom is -0.394 e. The molecule has 0 aliphatic rings. The van der Waals surface area contributed by atoms with Gasteiger partial charge in [-0.05, 0) is 33.6 Å². The zero-order valence-corrected chi connectivity index (χ0v) is 16.1. The van der Waals surface area contributed by atoms with Crippen LogP contribution < -0.4 is 0 Å². The maximum atomic E-state index is 9.04. The van der Waals surface area contributed by atoms with E-state index in [-0.39, 0.29) is 6.61 Å². The number of fused-ring (bicyclic) bond motifs is 2. The van der Waals surface area contributed by atoms with E-state index in [1.54, 1.807) is 32.5 Å². The van der Waals surface area contributed by atoms with E-state index in [0.29, 0.717) is 30.1 Å². The average Bonchev–Trinajstić information content (AvgIpc) is 3.42. The number of pyridine rings is 1. The van der Waals surface area contributed by atoms with Gasteiger partial charge in [0.25, 0.3) is 0 Å². The number of hydrogen-bond acceptors (Lipinski definition) is 7. The Labute approximate surface area is 166 Å². The minimum atomic E-state index is 0.0279. The van der Waals surface area contributed by atoms with Gasteiger partial charge in [-0.1, -0.05) is 5.21 Å². The number of nitrogens with zero attached hydrogens (tertiary/aromatic N) is 9. The van der Waals surface area contributed by atoms with Crippen molar-refractivity contribution < 1.29 is 5.11 Å². The topological polar surface area (TPSA) is 112 Å². The molecule has 0 unspecified atom stereocenters. The summed E-state index contributed by atoms with van der Waals surface area (Å²) in [5, 5.41) is 25.8. The Kier molecular flexibility index (Phi) is 4.10. The summed E-state index contributed by atoms with van der Waals surface area (Å²) in [6.45, 7) is 0.967. The van der Waals surface area contributed by atoms with Crippen molar-refractivity contribution in [3.63, 3.8) is 0 Å². The van der Waals surface area contributed by atoms with Gasteiger partial charge in [0.15, 0.2) is 5.65 Å². The molecule has 140 valence electrons. The quantitative estimate of drug-likeness (QED) is 0.441. The van der Waals surface area contributed by atoms with Gasteiger partial charge in [-0.25, -0.2) is 19.2 Å². The molecule has 0 spiro atoms. The van der Waals surface area contributed by atoms with Crippen LogP contribution in [0.2, 0.25) is 0 Å². The average molecular weight is 440 g/mol. The van der Waals surface area contributed by atoms with E-state index < -0.39 is 0 Å². The molecule has 0 atom stereocenters. The molecule has 10 nitrogen and oxygen atoms in total. The van der Waals surface area contributed by atoms with Crippen LogP contribution in [0.25, 0.3) is 28.1 Å². The van der Waals surface area contributed by atoms with E-state index in [1.165, 1.54) is 0 Å². The number of rotatable bonds is 5. The molecule has 0 radical (unpaired) electrons. The van der Waals surface area contributed by atoms with Crippen LogP contribution >= 0.6 is 15.9 Å². The van der Waals surface area contributed by atoms with Gasteiger partial charge >= 0.3 is 0 Å². The van der Waals surface area contributed by atoms with E-state index in [9.17, 15) is 0 Å². The second-order valence-corrected chi connectivity index (χ2v) is 7.08. The lowest BCUT2D eigenvalue weighted by atomic mass is 10.2. The molecule has 11 heteroatoms. The molecule has 5 aromatic heterocycles. The Morgan fingerprint density at radius 3 is 2.96 bits per heavy atom. The highest BCUT2D eigenvalue weighted by Crippen LogP contribution is 2.20. The lowest BCUT2D eigenvalue weighted by Crippen LogP contribution is -2.04. The Bertz CT molecular complexity index is 1290. The summed E-state index contributed by atoms with van der Waals surface area (Å²) in [6, 6.07) is 4.02. The van der Waals surface area contributed by atoms with Gasteiger partial charge in [-0.3, -0.25) is 4.68 Å². The normalized spacial score (nSPS) is 11.6. The van der Waals surface area contributed by atoms with Gasteiger partial charge in [-0.2, -0.15) is 10.2 Å². The zero-order chi connectivity index (χ0) is 19.1. The summed E-state index contributed by atoms with van der Waals surface area (Å²) in [5.41, 5.74) is 4.60. The van der Waals surface area contributed by atoms with Crippen LogP contribution in [-0.4, -0.2) is 56.1 Å². The van der Waals surface area contributed by atoms with Crippen LogP contribution in [0.3, 0.4) is 0 Å². The number of aliphatic hydroxyl groups is 1. The highest BCUT2D eigenvalue weighted by atomic mass is 79.9. The Morgan fingerprint density at radius 1 is 1.14 bits per heavy atom. The summed E-state index contributed by atoms with van der Waals surface area (Å²) in [5.74, 6) is 0. The van der Waals surface area contributed by atoms with Crippen molar-refractivity contribution in [1.82, 2.24) is 44.4 Å². The Morgan fingerprint density at radius 2 is 2.07 bits per heavy atom. The molecule has 1 N–H and O–H groups in total. The van der Waals surface area contributed by atoms with Crippen LogP contribution in [-0.2, 0) is 13.1 Å². The second kappa shape index (κ2) is 6.77. The molecule has 0 bridgehead atoms. The summed E-state index contributed by atoms with van der Waals surface area (Å²) < 4.78 is 6.12. The molecule has 0 saturated carbocycles. The van der Waals surface area contributed by atoms with E-state index in [1.807, 2.05) is 24.5 Å². The first kappa shape index (κ1) is 17.0. The van der Waals surface area contributed by atoms with Crippen molar-refractivity contribution in [3.05, 3.63) is 53.2 Å². The molecule has 0 aromatic carbocycles. The van der Waals surface area contributed by atoms with Crippen molar-refractivity contribution in [3.8, 4) is 11.3 Å².